The molecule has 0 aliphatic heterocycles. The fourth-order valence-electron chi connectivity index (χ4n) is 2.60. The van der Waals surface area contributed by atoms with Crippen molar-refractivity contribution in [2.24, 2.45) is 5.73 Å². The predicted molar refractivity (Wildman–Crippen MR) is 113 cm³/mol. The van der Waals surface area contributed by atoms with Crippen LogP contribution in [0.15, 0.2) is 23.6 Å². The molecule has 0 amide bonds. The summed E-state index contributed by atoms with van der Waals surface area (Å²) < 4.78 is 23.8. The Labute approximate surface area is 170 Å². The first-order valence-electron chi connectivity index (χ1n) is 7.70. The molecule has 3 heterocycles. The van der Waals surface area contributed by atoms with Crippen LogP contribution < -0.4 is 11.1 Å². The molecule has 0 radical (unpaired) electrons. The summed E-state index contributed by atoms with van der Waals surface area (Å²) >= 11 is 15.8. The molecule has 5 nitrogen and oxygen atoms in total. The van der Waals surface area contributed by atoms with Gasteiger partial charge in [0.05, 0.1) is 21.2 Å². The minimum absolute atomic E-state index is 0.0881. The van der Waals surface area contributed by atoms with Crippen molar-refractivity contribution >= 4 is 71.6 Å². The highest BCUT2D eigenvalue weighted by molar-refractivity contribution is 7.90. The van der Waals surface area contributed by atoms with Crippen LogP contribution in [0.1, 0.15) is 9.75 Å². The van der Waals surface area contributed by atoms with Gasteiger partial charge >= 0.3 is 0 Å². The van der Waals surface area contributed by atoms with Crippen LogP contribution >= 0.6 is 45.9 Å². The Morgan fingerprint density at radius 3 is 2.81 bits per heavy atom. The smallest absolute Gasteiger partial charge is 0.148 e. The molecule has 140 valence electrons. The molecule has 0 saturated heterocycles. The maximum Gasteiger partial charge on any atom is 0.148 e. The molecule has 0 unspecified atom stereocenters. The number of nitrogens with two attached hydrogens (primary N) is 1. The third-order valence-electron chi connectivity index (χ3n) is 3.62. The summed E-state index contributed by atoms with van der Waals surface area (Å²) in [5, 5.41) is 6.22. The van der Waals surface area contributed by atoms with Crippen LogP contribution in [-0.4, -0.2) is 31.5 Å². The molecular weight excluding hydrogens is 433 g/mol. The molecule has 0 saturated carbocycles. The van der Waals surface area contributed by atoms with Crippen molar-refractivity contribution in [3.63, 3.8) is 0 Å². The van der Waals surface area contributed by atoms with E-state index in [4.69, 9.17) is 28.9 Å². The van der Waals surface area contributed by atoms with Crippen LogP contribution in [0.3, 0.4) is 0 Å². The van der Waals surface area contributed by atoms with Crippen LogP contribution in [0.4, 0.5) is 5.69 Å². The molecule has 0 aliphatic carbocycles. The second kappa shape index (κ2) is 8.00. The van der Waals surface area contributed by atoms with E-state index in [9.17, 15) is 8.42 Å². The van der Waals surface area contributed by atoms with Gasteiger partial charge in [-0.2, -0.15) is 0 Å². The van der Waals surface area contributed by atoms with E-state index in [0.29, 0.717) is 28.7 Å². The van der Waals surface area contributed by atoms with Gasteiger partial charge in [0.2, 0.25) is 0 Å². The Morgan fingerprint density at radius 1 is 1.38 bits per heavy atom. The average molecular weight is 450 g/mol. The summed E-state index contributed by atoms with van der Waals surface area (Å²) in [7, 11) is -3.15. The molecule has 26 heavy (non-hydrogen) atoms. The third-order valence-corrected chi connectivity index (χ3v) is 7.47. The van der Waals surface area contributed by atoms with Gasteiger partial charge in [0, 0.05) is 34.7 Å². The SMILES string of the molecule is CS(=O)(=O)C[C@H](N)Cc1sc2c(NCc3cccs3)cc(Cl)nc2c1Cl. The lowest BCUT2D eigenvalue weighted by molar-refractivity contribution is 0.592. The number of nitrogens with zero attached hydrogens (tertiary/aromatic N) is 1. The van der Waals surface area contributed by atoms with Gasteiger partial charge in [0.15, 0.2) is 0 Å². The molecule has 0 aliphatic rings. The van der Waals surface area contributed by atoms with Crippen molar-refractivity contribution in [3.05, 3.63) is 43.5 Å². The van der Waals surface area contributed by atoms with Crippen LogP contribution in [0.25, 0.3) is 10.2 Å². The molecule has 3 aromatic rings. The second-order valence-corrected chi connectivity index (χ2v) is 11.1. The zero-order valence-corrected chi connectivity index (χ0v) is 17.8. The first kappa shape index (κ1) is 19.9. The first-order valence-corrected chi connectivity index (χ1v) is 12.2. The van der Waals surface area contributed by atoms with Gasteiger partial charge in [0.25, 0.3) is 0 Å². The van der Waals surface area contributed by atoms with Gasteiger partial charge in [0.1, 0.15) is 20.5 Å². The molecule has 0 fully saturated rings. The van der Waals surface area contributed by atoms with Crippen molar-refractivity contribution in [1.82, 2.24) is 4.98 Å². The van der Waals surface area contributed by atoms with E-state index in [-0.39, 0.29) is 5.75 Å². The van der Waals surface area contributed by atoms with Gasteiger partial charge < -0.3 is 11.1 Å². The Bertz CT molecular complexity index is 1020. The molecule has 3 rings (SSSR count). The Hall–Kier alpha value is -0.900. The highest BCUT2D eigenvalue weighted by atomic mass is 35.5. The van der Waals surface area contributed by atoms with E-state index in [0.717, 1.165) is 15.3 Å². The lowest BCUT2D eigenvalue weighted by atomic mass is 10.2. The molecule has 3 N–H and O–H groups in total. The minimum atomic E-state index is -3.15. The summed E-state index contributed by atoms with van der Waals surface area (Å²) in [6.45, 7) is 0.672. The molecule has 3 aromatic heterocycles. The summed E-state index contributed by atoms with van der Waals surface area (Å²) in [5.74, 6) is -0.0881. The zero-order chi connectivity index (χ0) is 18.9. The second-order valence-electron chi connectivity index (χ2n) is 6.00. The summed E-state index contributed by atoms with van der Waals surface area (Å²) in [4.78, 5) is 6.34. The Balaban J connectivity index is 1.90. The number of nitrogens with one attached hydrogen (secondary N) is 1. The average Bonchev–Trinajstić information content (AvgIpc) is 3.13. The molecule has 0 aromatic carbocycles. The summed E-state index contributed by atoms with van der Waals surface area (Å²) in [6.07, 6.45) is 1.54. The maximum absolute atomic E-state index is 11.4. The van der Waals surface area contributed by atoms with Crippen LogP contribution in [0.5, 0.6) is 0 Å². The van der Waals surface area contributed by atoms with Crippen molar-refractivity contribution in [3.8, 4) is 0 Å². The van der Waals surface area contributed by atoms with E-state index in [1.165, 1.54) is 22.5 Å². The Morgan fingerprint density at radius 2 is 2.15 bits per heavy atom. The van der Waals surface area contributed by atoms with Gasteiger partial charge in [-0.3, -0.25) is 0 Å². The van der Waals surface area contributed by atoms with Crippen molar-refractivity contribution in [2.75, 3.05) is 17.3 Å². The zero-order valence-electron chi connectivity index (χ0n) is 13.8. The standard InChI is InChI=1S/C16H17Cl2N3O2S3/c1-26(22,23)8-9(19)5-12-14(18)15-16(25-12)11(6-13(17)21-15)20-7-10-3-2-4-24-10/h2-4,6,9H,5,7-8,19H2,1H3,(H,20,21)/t9-/m1/s1. The van der Waals surface area contributed by atoms with Crippen LogP contribution in [-0.2, 0) is 22.8 Å². The van der Waals surface area contributed by atoms with E-state index < -0.39 is 15.9 Å². The van der Waals surface area contributed by atoms with Gasteiger partial charge in [-0.05, 0) is 17.9 Å². The van der Waals surface area contributed by atoms with E-state index in [1.807, 2.05) is 11.4 Å². The fourth-order valence-corrected chi connectivity index (χ4v) is 5.93. The van der Waals surface area contributed by atoms with Crippen molar-refractivity contribution < 1.29 is 8.42 Å². The number of sulfone groups is 1. The number of rotatable bonds is 7. The highest BCUT2D eigenvalue weighted by Crippen LogP contribution is 2.40. The lowest BCUT2D eigenvalue weighted by Crippen LogP contribution is -2.31. The van der Waals surface area contributed by atoms with Crippen molar-refractivity contribution in [1.29, 1.82) is 0 Å². The van der Waals surface area contributed by atoms with Crippen LogP contribution in [0, 0.1) is 0 Å². The van der Waals surface area contributed by atoms with Gasteiger partial charge in [-0.25, -0.2) is 13.4 Å². The van der Waals surface area contributed by atoms with Crippen molar-refractivity contribution in [2.45, 2.75) is 19.0 Å². The van der Waals surface area contributed by atoms with E-state index in [1.54, 1.807) is 17.4 Å². The largest absolute Gasteiger partial charge is 0.379 e. The van der Waals surface area contributed by atoms with E-state index >= 15 is 0 Å². The van der Waals surface area contributed by atoms with E-state index in [2.05, 4.69) is 16.4 Å². The van der Waals surface area contributed by atoms with Gasteiger partial charge in [-0.15, -0.1) is 22.7 Å². The summed E-state index contributed by atoms with van der Waals surface area (Å²) in [5.41, 5.74) is 7.44. The number of hydrogen-bond acceptors (Lipinski definition) is 7. The number of fused-ring (bicyclic) bond motifs is 1. The first-order chi connectivity index (χ1) is 12.2. The normalized spacial score (nSPS) is 13.2. The number of pyridine rings is 1. The number of anilines is 1. The number of halogens is 2. The molecule has 0 spiro atoms. The number of thiophene rings is 2. The lowest BCUT2D eigenvalue weighted by Gasteiger charge is -2.08. The number of hydrogen-bond donors (Lipinski definition) is 2. The highest BCUT2D eigenvalue weighted by Gasteiger charge is 2.20. The third kappa shape index (κ3) is 4.88. The number of aromatic nitrogens is 1. The molecule has 1 atom stereocenters. The van der Waals surface area contributed by atoms with Crippen LogP contribution in [0.2, 0.25) is 10.2 Å². The minimum Gasteiger partial charge on any atom is -0.379 e. The summed E-state index contributed by atoms with van der Waals surface area (Å²) in [6, 6.07) is 5.30. The Kier molecular flexibility index (Phi) is 6.11. The quantitative estimate of drug-likeness (QED) is 0.528. The molecule has 10 heteroatoms. The molecular formula is C16H17Cl2N3O2S3. The monoisotopic (exact) mass is 449 g/mol. The predicted octanol–water partition coefficient (Wildman–Crippen LogP) is 4.19. The molecule has 0 bridgehead atoms. The fraction of sp³-hybridized carbons (Fsp3) is 0.312. The van der Waals surface area contributed by atoms with Gasteiger partial charge in [-0.1, -0.05) is 29.3 Å². The maximum atomic E-state index is 11.4. The topological polar surface area (TPSA) is 85.1 Å².